The van der Waals surface area contributed by atoms with Gasteiger partial charge in [0.15, 0.2) is 17.2 Å². The van der Waals surface area contributed by atoms with Gasteiger partial charge in [0.1, 0.15) is 24.7 Å². The number of ether oxygens (including phenoxy) is 2. The highest BCUT2D eigenvalue weighted by Gasteiger charge is 2.20. The number of halogens is 2. The van der Waals surface area contributed by atoms with E-state index >= 15 is 0 Å². The first-order valence-electron chi connectivity index (χ1n) is 8.70. The Hall–Kier alpha value is -3.20. The van der Waals surface area contributed by atoms with Gasteiger partial charge in [-0.15, -0.1) is 0 Å². The number of rotatable bonds is 3. The first-order valence-corrected chi connectivity index (χ1v) is 9.50. The van der Waals surface area contributed by atoms with Gasteiger partial charge >= 0.3 is 0 Å². The topological polar surface area (TPSA) is 82.5 Å². The van der Waals surface area contributed by atoms with Gasteiger partial charge in [0.05, 0.1) is 5.69 Å². The molecule has 1 amide bonds. The number of benzene rings is 2. The van der Waals surface area contributed by atoms with Crippen LogP contribution in [0.3, 0.4) is 0 Å². The summed E-state index contributed by atoms with van der Waals surface area (Å²) in [5.74, 6) is -0.211. The number of hydrogen-bond acceptors (Lipinski definition) is 5. The number of nitrogens with one attached hydrogen (secondary N) is 1. The number of aryl methyl sites for hydroxylation is 1. The molecule has 0 atom stereocenters. The fourth-order valence-electron chi connectivity index (χ4n) is 2.91. The number of nitrogens with zero attached hydrogens (tertiary/aromatic N) is 2. The molecule has 0 unspecified atom stereocenters. The van der Waals surface area contributed by atoms with Gasteiger partial charge in [0, 0.05) is 28.4 Å². The molecule has 2 heterocycles. The predicted octanol–water partition coefficient (Wildman–Crippen LogP) is 3.47. The van der Waals surface area contributed by atoms with Gasteiger partial charge < -0.3 is 14.8 Å². The molecular formula is C20H15BrFN3O4. The average Bonchev–Trinajstić information content (AvgIpc) is 2.69. The summed E-state index contributed by atoms with van der Waals surface area (Å²) in [6.45, 7) is 2.45. The van der Waals surface area contributed by atoms with Crippen molar-refractivity contribution in [1.29, 1.82) is 0 Å². The predicted molar refractivity (Wildman–Crippen MR) is 108 cm³/mol. The molecule has 0 bridgehead atoms. The molecule has 0 spiro atoms. The Kier molecular flexibility index (Phi) is 5.06. The number of anilines is 1. The molecule has 3 aromatic rings. The smallest absolute Gasteiger partial charge is 0.280 e. The molecule has 0 saturated heterocycles. The maximum atomic E-state index is 14.2. The van der Waals surface area contributed by atoms with E-state index in [1.54, 1.807) is 31.2 Å². The molecule has 0 aliphatic carbocycles. The van der Waals surface area contributed by atoms with Gasteiger partial charge in [-0.1, -0.05) is 12.1 Å². The monoisotopic (exact) mass is 459 g/mol. The van der Waals surface area contributed by atoms with Crippen LogP contribution in [0.2, 0.25) is 0 Å². The minimum atomic E-state index is -0.725. The summed E-state index contributed by atoms with van der Waals surface area (Å²) in [5, 5.41) is 6.74. The van der Waals surface area contributed by atoms with Crippen molar-refractivity contribution < 1.29 is 18.7 Å². The normalized spacial score (nSPS) is 12.5. The summed E-state index contributed by atoms with van der Waals surface area (Å²) in [7, 11) is 0. The zero-order chi connectivity index (χ0) is 20.5. The van der Waals surface area contributed by atoms with E-state index in [2.05, 4.69) is 26.3 Å². The molecule has 29 heavy (non-hydrogen) atoms. The van der Waals surface area contributed by atoms with E-state index in [1.807, 2.05) is 0 Å². The summed E-state index contributed by atoms with van der Waals surface area (Å²) in [6, 6.07) is 10.5. The first-order chi connectivity index (χ1) is 13.9. The molecule has 1 aromatic heterocycles. The van der Waals surface area contributed by atoms with Crippen LogP contribution in [0.4, 0.5) is 10.1 Å². The van der Waals surface area contributed by atoms with E-state index in [0.717, 1.165) is 0 Å². The molecule has 0 fully saturated rings. The lowest BCUT2D eigenvalue weighted by Gasteiger charge is -2.20. The van der Waals surface area contributed by atoms with Crippen LogP contribution in [-0.4, -0.2) is 28.9 Å². The van der Waals surface area contributed by atoms with E-state index < -0.39 is 17.2 Å². The molecule has 0 saturated carbocycles. The SMILES string of the molecule is Cc1cc(=O)c(C(=O)Nc2cc3c(cc2Br)OCCO3)nn1-c1ccccc1F. The Morgan fingerprint density at radius 1 is 1.17 bits per heavy atom. The van der Waals surface area contributed by atoms with Crippen LogP contribution in [-0.2, 0) is 0 Å². The second-order valence-electron chi connectivity index (χ2n) is 6.29. The second-order valence-corrected chi connectivity index (χ2v) is 7.15. The van der Waals surface area contributed by atoms with Crippen LogP contribution in [0.5, 0.6) is 11.5 Å². The number of aromatic nitrogens is 2. The van der Waals surface area contributed by atoms with Crippen molar-refractivity contribution in [1.82, 2.24) is 9.78 Å². The van der Waals surface area contributed by atoms with Crippen molar-refractivity contribution in [3.8, 4) is 17.2 Å². The molecule has 4 rings (SSSR count). The lowest BCUT2D eigenvalue weighted by Crippen LogP contribution is -2.27. The van der Waals surface area contributed by atoms with Crippen LogP contribution in [0.25, 0.3) is 5.69 Å². The van der Waals surface area contributed by atoms with Crippen LogP contribution in [0, 0.1) is 12.7 Å². The maximum Gasteiger partial charge on any atom is 0.280 e. The Morgan fingerprint density at radius 3 is 2.59 bits per heavy atom. The van der Waals surface area contributed by atoms with E-state index in [-0.39, 0.29) is 11.4 Å². The summed E-state index contributed by atoms with van der Waals surface area (Å²) >= 11 is 3.36. The van der Waals surface area contributed by atoms with Gasteiger partial charge in [-0.3, -0.25) is 9.59 Å². The standard InChI is InChI=1S/C20H15BrFN3O4/c1-11-8-16(26)19(24-25(11)15-5-3-2-4-13(15)22)20(27)23-14-10-18-17(9-12(14)21)28-6-7-29-18/h2-5,8-10H,6-7H2,1H3,(H,23,27). The Labute approximate surface area is 173 Å². The van der Waals surface area contributed by atoms with Crippen molar-refractivity contribution in [2.75, 3.05) is 18.5 Å². The lowest BCUT2D eigenvalue weighted by molar-refractivity contribution is 0.101. The molecular weight excluding hydrogens is 445 g/mol. The van der Waals surface area contributed by atoms with E-state index in [0.29, 0.717) is 40.6 Å². The Bertz CT molecular complexity index is 1180. The summed E-state index contributed by atoms with van der Waals surface area (Å²) in [4.78, 5) is 25.1. The van der Waals surface area contributed by atoms with Gasteiger partial charge in [-0.2, -0.15) is 5.10 Å². The van der Waals surface area contributed by atoms with Crippen molar-refractivity contribution in [3.63, 3.8) is 0 Å². The van der Waals surface area contributed by atoms with Gasteiger partial charge in [-0.05, 0) is 35.0 Å². The first kappa shape index (κ1) is 19.1. The van der Waals surface area contributed by atoms with E-state index in [1.165, 1.54) is 22.9 Å². The second kappa shape index (κ2) is 7.67. The fraction of sp³-hybridized carbons (Fsp3) is 0.150. The van der Waals surface area contributed by atoms with Gasteiger partial charge in [0.25, 0.3) is 5.91 Å². The number of hydrogen-bond donors (Lipinski definition) is 1. The third kappa shape index (κ3) is 3.73. The molecule has 2 aromatic carbocycles. The number of carbonyl (C=O) groups is 1. The summed E-state index contributed by atoms with van der Waals surface area (Å²) in [5.41, 5.74) is -0.00270. The molecule has 1 aliphatic rings. The minimum Gasteiger partial charge on any atom is -0.486 e. The van der Waals surface area contributed by atoms with Crippen LogP contribution < -0.4 is 20.2 Å². The van der Waals surface area contributed by atoms with E-state index in [4.69, 9.17) is 9.47 Å². The quantitative estimate of drug-likeness (QED) is 0.648. The third-order valence-corrected chi connectivity index (χ3v) is 4.94. The Balaban J connectivity index is 1.70. The zero-order valence-electron chi connectivity index (χ0n) is 15.2. The van der Waals surface area contributed by atoms with Crippen molar-refractivity contribution in [2.24, 2.45) is 0 Å². The average molecular weight is 460 g/mol. The summed E-state index contributed by atoms with van der Waals surface area (Å²) in [6.07, 6.45) is 0. The zero-order valence-corrected chi connectivity index (χ0v) is 16.8. The summed E-state index contributed by atoms with van der Waals surface area (Å²) < 4.78 is 27.0. The van der Waals surface area contributed by atoms with Crippen LogP contribution in [0.15, 0.2) is 51.7 Å². The minimum absolute atomic E-state index is 0.138. The number of fused-ring (bicyclic) bond motifs is 1. The highest BCUT2D eigenvalue weighted by atomic mass is 79.9. The molecule has 9 heteroatoms. The number of para-hydroxylation sites is 1. The Morgan fingerprint density at radius 2 is 1.86 bits per heavy atom. The highest BCUT2D eigenvalue weighted by molar-refractivity contribution is 9.10. The molecule has 1 aliphatic heterocycles. The molecule has 0 radical (unpaired) electrons. The van der Waals surface area contributed by atoms with Gasteiger partial charge in [0.2, 0.25) is 5.43 Å². The number of carbonyl (C=O) groups excluding carboxylic acids is 1. The molecule has 7 nitrogen and oxygen atoms in total. The van der Waals surface area contributed by atoms with E-state index in [9.17, 15) is 14.0 Å². The molecule has 1 N–H and O–H groups in total. The van der Waals surface area contributed by atoms with Crippen LogP contribution in [0.1, 0.15) is 16.2 Å². The number of amides is 1. The maximum absolute atomic E-state index is 14.2. The lowest BCUT2D eigenvalue weighted by atomic mass is 10.2. The van der Waals surface area contributed by atoms with Crippen molar-refractivity contribution in [2.45, 2.75) is 6.92 Å². The molecule has 148 valence electrons. The van der Waals surface area contributed by atoms with Crippen molar-refractivity contribution in [3.05, 3.63) is 74.4 Å². The van der Waals surface area contributed by atoms with Crippen molar-refractivity contribution >= 4 is 27.5 Å². The highest BCUT2D eigenvalue weighted by Crippen LogP contribution is 2.38. The third-order valence-electron chi connectivity index (χ3n) is 4.28. The van der Waals surface area contributed by atoms with Gasteiger partial charge in [-0.25, -0.2) is 9.07 Å². The van der Waals surface area contributed by atoms with Crippen LogP contribution >= 0.6 is 15.9 Å². The fourth-order valence-corrected chi connectivity index (χ4v) is 3.33. The largest absolute Gasteiger partial charge is 0.486 e.